The van der Waals surface area contributed by atoms with Gasteiger partial charge in [0.2, 0.25) is 0 Å². The number of hydrazine groups is 1. The second-order valence-electron chi connectivity index (χ2n) is 7.12. The van der Waals surface area contributed by atoms with Gasteiger partial charge in [-0.05, 0) is 25.0 Å². The molecule has 32 heavy (non-hydrogen) atoms. The highest BCUT2D eigenvalue weighted by Crippen LogP contribution is 2.31. The lowest BCUT2D eigenvalue weighted by atomic mass is 10.1. The summed E-state index contributed by atoms with van der Waals surface area (Å²) >= 11 is 0. The molecule has 0 heterocycles. The molecular formula is C23H29FN2O6. The minimum Gasteiger partial charge on any atom is -0.448 e. The SMILES string of the molecule is C=C(C1=C(OC(=O)OCCCC)CCC1=O)N(Nc1ccccc1F)C(=O)OCCCC. The number of unbranched alkanes of at least 4 members (excludes halogenated alkanes) is 2. The number of hydrogen-bond acceptors (Lipinski definition) is 7. The van der Waals surface area contributed by atoms with Crippen LogP contribution in [0.5, 0.6) is 0 Å². The van der Waals surface area contributed by atoms with Gasteiger partial charge in [0, 0.05) is 12.8 Å². The molecule has 0 aromatic heterocycles. The molecule has 0 bridgehead atoms. The van der Waals surface area contributed by atoms with Crippen molar-refractivity contribution in [3.63, 3.8) is 0 Å². The summed E-state index contributed by atoms with van der Waals surface area (Å²) in [4.78, 5) is 37.2. The van der Waals surface area contributed by atoms with E-state index in [1.54, 1.807) is 6.07 Å². The van der Waals surface area contributed by atoms with E-state index in [9.17, 15) is 18.8 Å². The van der Waals surface area contributed by atoms with Crippen molar-refractivity contribution in [3.8, 4) is 0 Å². The van der Waals surface area contributed by atoms with Gasteiger partial charge in [0.1, 0.15) is 11.6 Å². The Balaban J connectivity index is 2.28. The van der Waals surface area contributed by atoms with E-state index in [0.29, 0.717) is 12.8 Å². The number of benzene rings is 1. The van der Waals surface area contributed by atoms with Crippen molar-refractivity contribution in [2.24, 2.45) is 0 Å². The quantitative estimate of drug-likeness (QED) is 0.272. The predicted octanol–water partition coefficient (Wildman–Crippen LogP) is 5.48. The van der Waals surface area contributed by atoms with Crippen LogP contribution in [0, 0.1) is 5.82 Å². The number of carbonyl (C=O) groups is 3. The predicted molar refractivity (Wildman–Crippen MR) is 116 cm³/mol. The van der Waals surface area contributed by atoms with Gasteiger partial charge in [-0.2, -0.15) is 5.01 Å². The summed E-state index contributed by atoms with van der Waals surface area (Å²) in [5, 5.41) is 0.846. The molecule has 0 saturated heterocycles. The molecule has 0 spiro atoms. The summed E-state index contributed by atoms with van der Waals surface area (Å²) in [6, 6.07) is 5.71. The molecule has 1 N–H and O–H groups in total. The molecule has 0 radical (unpaired) electrons. The molecule has 174 valence electrons. The monoisotopic (exact) mass is 448 g/mol. The van der Waals surface area contributed by atoms with Crippen LogP contribution in [0.15, 0.2) is 47.9 Å². The Labute approximate surface area is 187 Å². The average Bonchev–Trinajstić information content (AvgIpc) is 3.12. The van der Waals surface area contributed by atoms with Crippen molar-refractivity contribution >= 4 is 23.7 Å². The van der Waals surface area contributed by atoms with Gasteiger partial charge in [0.05, 0.1) is 30.2 Å². The lowest BCUT2D eigenvalue weighted by molar-refractivity contribution is -0.114. The van der Waals surface area contributed by atoms with Gasteiger partial charge >= 0.3 is 12.2 Å². The Kier molecular flexibility index (Phi) is 9.72. The Bertz CT molecular complexity index is 883. The average molecular weight is 448 g/mol. The molecule has 8 nitrogen and oxygen atoms in total. The first-order valence-electron chi connectivity index (χ1n) is 10.7. The molecule has 9 heteroatoms. The fraction of sp³-hybridized carbons (Fsp3) is 0.435. The number of para-hydroxylation sites is 1. The van der Waals surface area contributed by atoms with E-state index in [1.165, 1.54) is 18.2 Å². The molecule has 0 saturated carbocycles. The summed E-state index contributed by atoms with van der Waals surface area (Å²) in [7, 11) is 0. The third-order valence-corrected chi connectivity index (χ3v) is 4.63. The molecule has 1 aromatic rings. The highest BCUT2D eigenvalue weighted by molar-refractivity contribution is 6.03. The van der Waals surface area contributed by atoms with Gasteiger partial charge in [-0.1, -0.05) is 45.4 Å². The van der Waals surface area contributed by atoms with Crippen molar-refractivity contribution in [3.05, 3.63) is 53.7 Å². The largest absolute Gasteiger partial charge is 0.513 e. The number of allylic oxidation sites excluding steroid dienone is 2. The van der Waals surface area contributed by atoms with Crippen LogP contribution in [0.1, 0.15) is 52.4 Å². The van der Waals surface area contributed by atoms with Crippen molar-refractivity contribution in [1.82, 2.24) is 5.01 Å². The molecule has 0 unspecified atom stereocenters. The van der Waals surface area contributed by atoms with Crippen LogP contribution in [0.2, 0.25) is 0 Å². The molecule has 1 aromatic carbocycles. The highest BCUT2D eigenvalue weighted by Gasteiger charge is 2.34. The fourth-order valence-corrected chi connectivity index (χ4v) is 2.86. The Morgan fingerprint density at radius 1 is 1.09 bits per heavy atom. The van der Waals surface area contributed by atoms with E-state index in [-0.39, 0.29) is 54.6 Å². The standard InChI is InChI=1S/C23H29FN2O6/c1-4-6-14-30-22(28)26(25-18-11-9-8-10-17(18)24)16(3)21-19(27)12-13-20(21)32-23(29)31-15-7-5-2/h8-11,25H,3-7,12-15H2,1-2H3. The van der Waals surface area contributed by atoms with Crippen LogP contribution in [0.4, 0.5) is 19.7 Å². The number of halogens is 1. The number of Topliss-reactive ketones (excluding diaryl/α,β-unsaturated/α-hetero) is 1. The molecule has 1 amide bonds. The minimum atomic E-state index is -0.937. The molecular weight excluding hydrogens is 419 g/mol. The van der Waals surface area contributed by atoms with Crippen LogP contribution in [-0.4, -0.2) is 36.3 Å². The summed E-state index contributed by atoms with van der Waals surface area (Å²) in [6.45, 7) is 8.04. The van der Waals surface area contributed by atoms with E-state index < -0.39 is 18.1 Å². The second kappa shape index (κ2) is 12.5. The van der Waals surface area contributed by atoms with E-state index in [0.717, 1.165) is 17.9 Å². The molecule has 1 aliphatic rings. The number of anilines is 1. The van der Waals surface area contributed by atoms with Crippen molar-refractivity contribution < 1.29 is 33.0 Å². The van der Waals surface area contributed by atoms with Gasteiger partial charge in [-0.15, -0.1) is 0 Å². The summed E-state index contributed by atoms with van der Waals surface area (Å²) in [5.74, 6) is -0.939. The van der Waals surface area contributed by atoms with Gasteiger partial charge in [0.25, 0.3) is 0 Å². The maximum atomic E-state index is 14.2. The lowest BCUT2D eigenvalue weighted by Crippen LogP contribution is -2.37. The van der Waals surface area contributed by atoms with Crippen molar-refractivity contribution in [1.29, 1.82) is 0 Å². The van der Waals surface area contributed by atoms with Crippen molar-refractivity contribution in [2.75, 3.05) is 18.6 Å². The maximum absolute atomic E-state index is 14.2. The zero-order valence-electron chi connectivity index (χ0n) is 18.4. The Morgan fingerprint density at radius 3 is 2.41 bits per heavy atom. The zero-order valence-corrected chi connectivity index (χ0v) is 18.4. The van der Waals surface area contributed by atoms with Crippen LogP contribution in [-0.2, 0) is 19.0 Å². The van der Waals surface area contributed by atoms with Crippen LogP contribution in [0.3, 0.4) is 0 Å². The van der Waals surface area contributed by atoms with E-state index in [4.69, 9.17) is 14.2 Å². The normalized spacial score (nSPS) is 13.0. The van der Waals surface area contributed by atoms with E-state index in [2.05, 4.69) is 12.0 Å². The third kappa shape index (κ3) is 6.83. The number of rotatable bonds is 11. The smallest absolute Gasteiger partial charge is 0.448 e. The van der Waals surface area contributed by atoms with Crippen LogP contribution < -0.4 is 5.43 Å². The minimum absolute atomic E-state index is 0.0198. The highest BCUT2D eigenvalue weighted by atomic mass is 19.1. The summed E-state index contributed by atoms with van der Waals surface area (Å²) in [6.07, 6.45) is 1.36. The molecule has 0 fully saturated rings. The number of ketones is 1. The topological polar surface area (TPSA) is 94.2 Å². The van der Waals surface area contributed by atoms with Gasteiger partial charge in [0.15, 0.2) is 5.78 Å². The van der Waals surface area contributed by atoms with Gasteiger partial charge in [-0.25, -0.2) is 14.0 Å². The summed E-state index contributed by atoms with van der Waals surface area (Å²) in [5.41, 5.74) is 2.43. The Morgan fingerprint density at radius 2 is 1.75 bits per heavy atom. The Hall–Kier alpha value is -3.36. The number of ether oxygens (including phenoxy) is 3. The van der Waals surface area contributed by atoms with Crippen molar-refractivity contribution in [2.45, 2.75) is 52.4 Å². The first kappa shape index (κ1) is 24.9. The second-order valence-corrected chi connectivity index (χ2v) is 7.12. The molecule has 0 aliphatic heterocycles. The first-order valence-corrected chi connectivity index (χ1v) is 10.7. The fourth-order valence-electron chi connectivity index (χ4n) is 2.86. The zero-order chi connectivity index (χ0) is 23.5. The number of amides is 1. The molecule has 0 atom stereocenters. The van der Waals surface area contributed by atoms with E-state index in [1.807, 2.05) is 13.8 Å². The van der Waals surface area contributed by atoms with Crippen LogP contribution >= 0.6 is 0 Å². The van der Waals surface area contributed by atoms with E-state index >= 15 is 0 Å². The van der Waals surface area contributed by atoms with Gasteiger partial charge in [-0.3, -0.25) is 10.2 Å². The van der Waals surface area contributed by atoms with Crippen LogP contribution in [0.25, 0.3) is 0 Å². The number of nitrogens with one attached hydrogen (secondary N) is 1. The first-order chi connectivity index (χ1) is 15.4. The third-order valence-electron chi connectivity index (χ3n) is 4.63. The number of carbonyl (C=O) groups excluding carboxylic acids is 3. The number of nitrogens with zero attached hydrogens (tertiary/aromatic N) is 1. The lowest BCUT2D eigenvalue weighted by Gasteiger charge is -2.26. The summed E-state index contributed by atoms with van der Waals surface area (Å²) < 4.78 is 29.6. The molecule has 2 rings (SSSR count). The number of hydrogen-bond donors (Lipinski definition) is 1. The van der Waals surface area contributed by atoms with Gasteiger partial charge < -0.3 is 14.2 Å². The maximum Gasteiger partial charge on any atom is 0.513 e. The molecule has 1 aliphatic carbocycles.